The number of aryl methyl sites for hydroxylation is 1. The number of pyridine rings is 1. The van der Waals surface area contributed by atoms with Crippen LogP contribution in [0.2, 0.25) is 0 Å². The summed E-state index contributed by atoms with van der Waals surface area (Å²) in [6, 6.07) is 12.2. The Morgan fingerprint density at radius 2 is 1.85 bits per heavy atom. The number of fused-ring (bicyclic) bond motifs is 1. The lowest BCUT2D eigenvalue weighted by molar-refractivity contribution is 0.193. The first-order valence-corrected chi connectivity index (χ1v) is 15.9. The van der Waals surface area contributed by atoms with Gasteiger partial charge in [-0.25, -0.2) is 18.4 Å². The Hall–Kier alpha value is -3.54. The highest BCUT2D eigenvalue weighted by Gasteiger charge is 2.22. The van der Waals surface area contributed by atoms with Gasteiger partial charge in [0, 0.05) is 55.4 Å². The van der Waals surface area contributed by atoms with Crippen molar-refractivity contribution in [2.24, 2.45) is 0 Å². The van der Waals surface area contributed by atoms with Crippen molar-refractivity contribution in [1.82, 2.24) is 29.3 Å². The third kappa shape index (κ3) is 6.86. The van der Waals surface area contributed by atoms with Gasteiger partial charge in [-0.05, 0) is 88.3 Å². The quantitative estimate of drug-likeness (QED) is 0.302. The topological polar surface area (TPSA) is 99.5 Å². The van der Waals surface area contributed by atoms with Crippen molar-refractivity contribution >= 4 is 38.5 Å². The summed E-state index contributed by atoms with van der Waals surface area (Å²) in [6.07, 6.45) is 8.89. The fourth-order valence-corrected chi connectivity index (χ4v) is 5.96. The summed E-state index contributed by atoms with van der Waals surface area (Å²) >= 11 is 0. The molecule has 0 radical (unpaired) electrons. The van der Waals surface area contributed by atoms with E-state index in [4.69, 9.17) is 4.98 Å². The van der Waals surface area contributed by atoms with E-state index < -0.39 is 10.0 Å². The average molecular weight is 577 g/mol. The molecule has 218 valence electrons. The van der Waals surface area contributed by atoms with Crippen LogP contribution in [0.15, 0.2) is 55.0 Å². The molecule has 1 fully saturated rings. The number of likely N-dealkylation sites (N-methyl/N-ethyl adjacent to an activating group) is 1. The van der Waals surface area contributed by atoms with Gasteiger partial charge in [0.2, 0.25) is 16.0 Å². The van der Waals surface area contributed by atoms with Gasteiger partial charge in [0.25, 0.3) is 0 Å². The Morgan fingerprint density at radius 3 is 2.56 bits per heavy atom. The van der Waals surface area contributed by atoms with Crippen LogP contribution in [-0.2, 0) is 16.6 Å². The molecule has 1 aliphatic heterocycles. The van der Waals surface area contributed by atoms with Crippen LogP contribution in [0.1, 0.15) is 35.4 Å². The Morgan fingerprint density at radius 1 is 1.07 bits per heavy atom. The van der Waals surface area contributed by atoms with Gasteiger partial charge in [-0.1, -0.05) is 12.1 Å². The summed E-state index contributed by atoms with van der Waals surface area (Å²) in [6.45, 7) is 7.15. The first kappa shape index (κ1) is 29.0. The summed E-state index contributed by atoms with van der Waals surface area (Å²) in [4.78, 5) is 18.5. The summed E-state index contributed by atoms with van der Waals surface area (Å²) in [5.41, 5.74) is 5.20. The van der Waals surface area contributed by atoms with E-state index in [9.17, 15) is 8.42 Å². The van der Waals surface area contributed by atoms with E-state index in [1.54, 1.807) is 12.4 Å². The van der Waals surface area contributed by atoms with E-state index in [2.05, 4.69) is 64.3 Å². The van der Waals surface area contributed by atoms with Crippen LogP contribution in [0.5, 0.6) is 0 Å². The molecule has 4 heterocycles. The van der Waals surface area contributed by atoms with Crippen molar-refractivity contribution in [3.63, 3.8) is 0 Å². The Kier molecular flexibility index (Phi) is 8.58. The van der Waals surface area contributed by atoms with E-state index in [-0.39, 0.29) is 0 Å². The molecule has 0 unspecified atom stereocenters. The lowest BCUT2D eigenvalue weighted by Gasteiger charge is -2.33. The molecule has 1 saturated heterocycles. The van der Waals surface area contributed by atoms with E-state index in [0.29, 0.717) is 24.2 Å². The molecule has 5 rings (SSSR count). The lowest BCUT2D eigenvalue weighted by atomic mass is 9.86. The van der Waals surface area contributed by atoms with Crippen molar-refractivity contribution < 1.29 is 8.42 Å². The number of aromatic nitrogens is 4. The zero-order valence-electron chi connectivity index (χ0n) is 24.6. The van der Waals surface area contributed by atoms with Gasteiger partial charge in [-0.15, -0.1) is 0 Å². The third-order valence-corrected chi connectivity index (χ3v) is 9.09. The second-order valence-electron chi connectivity index (χ2n) is 11.2. The molecule has 1 N–H and O–H groups in total. The number of benzene rings is 1. The summed E-state index contributed by atoms with van der Waals surface area (Å²) in [5, 5.41) is 4.29. The standard InChI is InChI=1S/C30H40N8O2S/c1-22-19-26(8-9-27(22)23-10-14-37(15-11-23)18-17-35(2)3)33-30-32-20-24-12-16-38(29(24)34-30)21-25-7-6-13-31-28(25)36(4)41(5,39)40/h6-9,12-13,16,19-20,23H,10-11,14-15,17-18,21H2,1-5H3,(H,32,33,34). The fraction of sp³-hybridized carbons (Fsp3) is 0.433. The SMILES string of the molecule is Cc1cc(Nc2ncc3ccn(Cc4cccnc4N(C)S(C)(=O)=O)c3n2)ccc1C1CCN(CCN(C)C)CC1. The maximum atomic E-state index is 12.2. The van der Waals surface area contributed by atoms with Crippen LogP contribution in [0.4, 0.5) is 17.5 Å². The minimum absolute atomic E-state index is 0.402. The largest absolute Gasteiger partial charge is 0.328 e. The molecule has 0 bridgehead atoms. The second kappa shape index (κ2) is 12.1. The molecule has 1 aliphatic rings. The monoisotopic (exact) mass is 576 g/mol. The highest BCUT2D eigenvalue weighted by atomic mass is 32.2. The van der Waals surface area contributed by atoms with Crippen molar-refractivity contribution in [3.05, 3.63) is 71.7 Å². The maximum Gasteiger partial charge on any atom is 0.233 e. The fourth-order valence-electron chi connectivity index (χ4n) is 5.49. The maximum absolute atomic E-state index is 12.2. The first-order chi connectivity index (χ1) is 19.6. The molecule has 0 spiro atoms. The second-order valence-corrected chi connectivity index (χ2v) is 13.3. The Balaban J connectivity index is 1.30. The van der Waals surface area contributed by atoms with Gasteiger partial charge < -0.3 is 19.7 Å². The molecular formula is C30H40N8O2S. The van der Waals surface area contributed by atoms with E-state index >= 15 is 0 Å². The predicted molar refractivity (Wildman–Crippen MR) is 166 cm³/mol. The highest BCUT2D eigenvalue weighted by Crippen LogP contribution is 2.32. The van der Waals surface area contributed by atoms with Gasteiger partial charge in [0.05, 0.1) is 12.8 Å². The molecule has 4 aromatic rings. The Labute approximate surface area is 243 Å². The molecule has 41 heavy (non-hydrogen) atoms. The van der Waals surface area contributed by atoms with Crippen molar-refractivity contribution in [2.75, 3.05) is 63.2 Å². The summed E-state index contributed by atoms with van der Waals surface area (Å²) in [5.74, 6) is 1.51. The summed E-state index contributed by atoms with van der Waals surface area (Å²) in [7, 11) is 2.34. The number of anilines is 3. The number of nitrogens with one attached hydrogen (secondary N) is 1. The number of likely N-dealkylation sites (tertiary alicyclic amines) is 1. The number of rotatable bonds is 10. The molecule has 11 heteroatoms. The number of hydrogen-bond donors (Lipinski definition) is 1. The van der Waals surface area contributed by atoms with Crippen LogP contribution in [0.3, 0.4) is 0 Å². The van der Waals surface area contributed by atoms with Crippen molar-refractivity contribution in [3.8, 4) is 0 Å². The predicted octanol–water partition coefficient (Wildman–Crippen LogP) is 4.06. The average Bonchev–Trinajstić information content (AvgIpc) is 3.33. The van der Waals surface area contributed by atoms with Crippen LogP contribution >= 0.6 is 0 Å². The van der Waals surface area contributed by atoms with Gasteiger partial charge in [-0.2, -0.15) is 4.98 Å². The minimum Gasteiger partial charge on any atom is -0.328 e. The van der Waals surface area contributed by atoms with Crippen molar-refractivity contribution in [2.45, 2.75) is 32.2 Å². The summed E-state index contributed by atoms with van der Waals surface area (Å²) < 4.78 is 27.5. The molecule has 1 aromatic carbocycles. The lowest BCUT2D eigenvalue weighted by Crippen LogP contribution is -2.37. The number of piperidine rings is 1. The van der Waals surface area contributed by atoms with Crippen LogP contribution < -0.4 is 9.62 Å². The molecule has 0 saturated carbocycles. The molecule has 0 atom stereocenters. The Bertz CT molecular complexity index is 1610. The molecule has 0 amide bonds. The zero-order valence-corrected chi connectivity index (χ0v) is 25.4. The minimum atomic E-state index is -3.44. The van der Waals surface area contributed by atoms with Crippen LogP contribution in [0.25, 0.3) is 11.0 Å². The van der Waals surface area contributed by atoms with E-state index in [0.717, 1.165) is 48.5 Å². The number of hydrogen-bond acceptors (Lipinski definition) is 8. The van der Waals surface area contributed by atoms with Crippen LogP contribution in [0, 0.1) is 6.92 Å². The first-order valence-electron chi connectivity index (χ1n) is 14.0. The third-order valence-electron chi connectivity index (χ3n) is 7.92. The molecule has 0 aliphatic carbocycles. The number of nitrogens with zero attached hydrogens (tertiary/aromatic N) is 7. The highest BCUT2D eigenvalue weighted by molar-refractivity contribution is 7.92. The smallest absolute Gasteiger partial charge is 0.233 e. The van der Waals surface area contributed by atoms with Gasteiger partial charge in [0.15, 0.2) is 0 Å². The normalized spacial score (nSPS) is 15.1. The van der Waals surface area contributed by atoms with Gasteiger partial charge in [0.1, 0.15) is 11.5 Å². The van der Waals surface area contributed by atoms with Gasteiger partial charge in [-0.3, -0.25) is 4.31 Å². The zero-order chi connectivity index (χ0) is 29.1. The molecule has 10 nitrogen and oxygen atoms in total. The van der Waals surface area contributed by atoms with E-state index in [1.807, 2.05) is 29.0 Å². The number of sulfonamides is 1. The van der Waals surface area contributed by atoms with Crippen LogP contribution in [-0.4, -0.2) is 91.3 Å². The molecule has 3 aromatic heterocycles. The van der Waals surface area contributed by atoms with Crippen molar-refractivity contribution in [1.29, 1.82) is 0 Å². The van der Waals surface area contributed by atoms with E-state index in [1.165, 1.54) is 41.6 Å². The van der Waals surface area contributed by atoms with Gasteiger partial charge >= 0.3 is 0 Å². The molecular weight excluding hydrogens is 536 g/mol.